The Bertz CT molecular complexity index is 1210. The quantitative estimate of drug-likeness (QED) is 0.272. The molecule has 8 nitrogen and oxygen atoms in total. The minimum Gasteiger partial charge on any atom is -0.493 e. The second-order valence-corrected chi connectivity index (χ2v) is 11.3. The number of fused-ring (bicyclic) bond motifs is 1. The van der Waals surface area contributed by atoms with E-state index in [9.17, 15) is 14.7 Å². The van der Waals surface area contributed by atoms with E-state index in [1.807, 2.05) is 52.8 Å². The van der Waals surface area contributed by atoms with Crippen LogP contribution in [-0.4, -0.2) is 45.6 Å². The third-order valence-electron chi connectivity index (χ3n) is 5.79. The normalized spacial score (nSPS) is 15.5. The topological polar surface area (TPSA) is 119 Å². The second kappa shape index (κ2) is 15.2. The predicted molar refractivity (Wildman–Crippen MR) is 159 cm³/mol. The molecular formula is C32H45N3O5. The summed E-state index contributed by atoms with van der Waals surface area (Å²) in [6, 6.07) is 4.41. The van der Waals surface area contributed by atoms with Crippen LogP contribution < -0.4 is 10.5 Å². The van der Waals surface area contributed by atoms with Crippen molar-refractivity contribution < 1.29 is 23.8 Å². The molecule has 1 aliphatic rings. The maximum absolute atomic E-state index is 12.6. The first kappa shape index (κ1) is 32.6. The van der Waals surface area contributed by atoms with Gasteiger partial charge in [-0.05, 0) is 82.7 Å². The highest BCUT2D eigenvalue weighted by Crippen LogP contribution is 2.33. The molecule has 0 aliphatic carbocycles. The number of hydrogen-bond acceptors (Lipinski definition) is 6. The zero-order valence-corrected chi connectivity index (χ0v) is 24.9. The van der Waals surface area contributed by atoms with Gasteiger partial charge in [0.2, 0.25) is 11.8 Å². The number of aryl methyl sites for hydroxylation is 1. The number of ether oxygens (including phenoxy) is 1. The molecule has 0 bridgehead atoms. The smallest absolute Gasteiger partial charge is 0.331 e. The van der Waals surface area contributed by atoms with Crippen molar-refractivity contribution in [2.75, 3.05) is 13.2 Å². The van der Waals surface area contributed by atoms with Crippen LogP contribution in [0, 0.1) is 12.8 Å². The first-order valence-electron chi connectivity index (χ1n) is 13.8. The molecule has 3 rings (SSSR count). The van der Waals surface area contributed by atoms with Gasteiger partial charge >= 0.3 is 5.97 Å². The zero-order valence-electron chi connectivity index (χ0n) is 24.9. The van der Waals surface area contributed by atoms with Gasteiger partial charge in [0.1, 0.15) is 11.5 Å². The van der Waals surface area contributed by atoms with E-state index >= 15 is 0 Å². The lowest BCUT2D eigenvalue weighted by Gasteiger charge is -2.34. The van der Waals surface area contributed by atoms with E-state index in [1.165, 1.54) is 11.0 Å². The number of carboxylic acids is 1. The van der Waals surface area contributed by atoms with Crippen molar-refractivity contribution >= 4 is 18.0 Å². The minimum absolute atomic E-state index is 0. The fourth-order valence-electron chi connectivity index (χ4n) is 3.99. The summed E-state index contributed by atoms with van der Waals surface area (Å²) in [5.41, 5.74) is 7.69. The van der Waals surface area contributed by atoms with Crippen LogP contribution in [0.25, 0.3) is 6.08 Å². The van der Waals surface area contributed by atoms with Crippen molar-refractivity contribution in [1.29, 1.82) is 0 Å². The Balaban J connectivity index is 0.00000103. The summed E-state index contributed by atoms with van der Waals surface area (Å²) in [4.78, 5) is 30.7. The molecule has 0 saturated carbocycles. The molecule has 1 atom stereocenters. The van der Waals surface area contributed by atoms with E-state index in [0.29, 0.717) is 49.1 Å². The third-order valence-corrected chi connectivity index (χ3v) is 5.79. The Kier molecular flexibility index (Phi) is 12.4. The summed E-state index contributed by atoms with van der Waals surface area (Å²) in [6.07, 6.45) is 12.6. The van der Waals surface area contributed by atoms with Gasteiger partial charge in [0.25, 0.3) is 0 Å². The molecule has 1 amide bonds. The number of aliphatic carboxylic acids is 1. The maximum atomic E-state index is 12.6. The Labute approximate surface area is 238 Å². The van der Waals surface area contributed by atoms with Crippen LogP contribution in [-0.2, 0) is 22.4 Å². The van der Waals surface area contributed by atoms with Crippen molar-refractivity contribution in [3.63, 3.8) is 0 Å². The van der Waals surface area contributed by atoms with E-state index < -0.39 is 12.0 Å². The number of rotatable bonds is 10. The van der Waals surface area contributed by atoms with Gasteiger partial charge in [0, 0.05) is 24.6 Å². The lowest BCUT2D eigenvalue weighted by molar-refractivity contribution is -0.149. The summed E-state index contributed by atoms with van der Waals surface area (Å²) in [7, 11) is 0. The summed E-state index contributed by atoms with van der Waals surface area (Å²) in [5.74, 6) is 1.09. The number of nitrogens with zero attached hydrogens (tertiary/aromatic N) is 2. The number of carbonyl (C=O) groups excluding carboxylic acids is 1. The van der Waals surface area contributed by atoms with Crippen LogP contribution in [0.4, 0.5) is 0 Å². The number of benzene rings is 1. The van der Waals surface area contributed by atoms with Crippen molar-refractivity contribution in [1.82, 2.24) is 9.88 Å². The first-order valence-corrected chi connectivity index (χ1v) is 13.8. The first-order chi connectivity index (χ1) is 18.8. The van der Waals surface area contributed by atoms with Gasteiger partial charge in [-0.1, -0.05) is 44.2 Å². The second-order valence-electron chi connectivity index (χ2n) is 11.3. The van der Waals surface area contributed by atoms with E-state index in [-0.39, 0.29) is 11.4 Å². The van der Waals surface area contributed by atoms with E-state index in [2.05, 4.69) is 24.9 Å². The van der Waals surface area contributed by atoms with Gasteiger partial charge in [-0.15, -0.1) is 0 Å². The summed E-state index contributed by atoms with van der Waals surface area (Å²) in [5, 5.41) is 9.92. The van der Waals surface area contributed by atoms with Crippen molar-refractivity contribution in [2.24, 2.45) is 11.7 Å². The summed E-state index contributed by atoms with van der Waals surface area (Å²) in [6.45, 7) is 14.7. The number of nitrogens with two attached hydrogens (primary N) is 1. The highest BCUT2D eigenvalue weighted by molar-refractivity contribution is 5.92. The van der Waals surface area contributed by atoms with Gasteiger partial charge in [-0.25, -0.2) is 9.78 Å². The molecule has 40 heavy (non-hydrogen) atoms. The molecule has 0 saturated heterocycles. The number of carbonyl (C=O) groups is 2. The molecule has 2 aromatic rings. The van der Waals surface area contributed by atoms with Crippen molar-refractivity contribution in [3.8, 4) is 5.75 Å². The molecule has 1 unspecified atom stereocenters. The molecule has 2 heterocycles. The van der Waals surface area contributed by atoms with Crippen molar-refractivity contribution in [2.45, 2.75) is 79.3 Å². The highest BCUT2D eigenvalue weighted by atomic mass is 16.5. The maximum Gasteiger partial charge on any atom is 0.331 e. The van der Waals surface area contributed by atoms with E-state index in [4.69, 9.17) is 14.9 Å². The largest absolute Gasteiger partial charge is 0.493 e. The monoisotopic (exact) mass is 551 g/mol. The predicted octanol–water partition coefficient (Wildman–Crippen LogP) is 6.05. The third kappa shape index (κ3) is 10.8. The molecule has 0 radical (unpaired) electrons. The molecule has 1 aromatic carbocycles. The fraction of sp³-hybridized carbons (Fsp3) is 0.469. The van der Waals surface area contributed by atoms with E-state index in [1.54, 1.807) is 24.3 Å². The molecule has 1 aliphatic heterocycles. The Hall–Kier alpha value is -3.65. The number of aromatic nitrogens is 1. The van der Waals surface area contributed by atoms with Crippen LogP contribution in [0.15, 0.2) is 53.0 Å². The van der Waals surface area contributed by atoms with E-state index in [0.717, 1.165) is 23.4 Å². The van der Waals surface area contributed by atoms with Gasteiger partial charge in [-0.3, -0.25) is 4.79 Å². The Morgan fingerprint density at radius 2 is 1.98 bits per heavy atom. The van der Waals surface area contributed by atoms with Gasteiger partial charge < -0.3 is 24.9 Å². The molecule has 0 fully saturated rings. The zero-order chi connectivity index (χ0) is 29.9. The number of amides is 1. The lowest BCUT2D eigenvalue weighted by atomic mass is 9.92. The summed E-state index contributed by atoms with van der Waals surface area (Å²) >= 11 is 0. The fourth-order valence-corrected chi connectivity index (χ4v) is 3.99. The minimum atomic E-state index is -1.06. The molecular weight excluding hydrogens is 506 g/mol. The number of carboxylic acid groups (broad SMARTS) is 1. The Morgan fingerprint density at radius 1 is 1.27 bits per heavy atom. The summed E-state index contributed by atoms with van der Waals surface area (Å²) < 4.78 is 11.7. The SMILES string of the molecule is CC(C)(C)N.CC=CC=CC(=O)N1CCc2ccc(OCCc3nc(/C=C/CC(C)C)oc3C)cc2C1C(=O)O. The van der Waals surface area contributed by atoms with Crippen LogP contribution in [0.1, 0.15) is 82.5 Å². The molecule has 8 heteroatoms. The molecule has 1 aromatic heterocycles. The van der Waals surface area contributed by atoms with Gasteiger partial charge in [-0.2, -0.15) is 0 Å². The number of oxazole rings is 1. The number of hydrogen-bond donors (Lipinski definition) is 2. The lowest BCUT2D eigenvalue weighted by Crippen LogP contribution is -2.42. The average molecular weight is 552 g/mol. The van der Waals surface area contributed by atoms with Crippen LogP contribution in [0.5, 0.6) is 5.75 Å². The highest BCUT2D eigenvalue weighted by Gasteiger charge is 2.35. The Morgan fingerprint density at radius 3 is 2.60 bits per heavy atom. The van der Waals surface area contributed by atoms with Crippen LogP contribution in [0.2, 0.25) is 0 Å². The van der Waals surface area contributed by atoms with Crippen molar-refractivity contribution in [3.05, 3.63) is 77.1 Å². The van der Waals surface area contributed by atoms with Crippen LogP contribution in [0.3, 0.4) is 0 Å². The van der Waals surface area contributed by atoms with Gasteiger partial charge in [0.15, 0.2) is 6.04 Å². The van der Waals surface area contributed by atoms with Gasteiger partial charge in [0.05, 0.1) is 12.3 Å². The van der Waals surface area contributed by atoms with Crippen LogP contribution >= 0.6 is 0 Å². The molecule has 3 N–H and O–H groups in total. The molecule has 0 spiro atoms. The number of allylic oxidation sites excluding steroid dienone is 4. The standard InChI is InChI=1S/C28H34N2O5.C4H11N/c1-5-6-7-11-26(31)30-16-14-21-12-13-22(18-23(21)27(30)28(32)33)34-17-15-24-20(4)35-25(29-24)10-8-9-19(2)3;1-4(2,3)5/h5-8,10-13,18-19,27H,9,14-17H2,1-4H3,(H,32,33);5H2,1-3H3/b6-5?,10-8+,11-7?;. The average Bonchev–Trinajstić information content (AvgIpc) is 3.20. The molecule has 218 valence electrons.